The first-order valence-corrected chi connectivity index (χ1v) is 7.45. The Morgan fingerprint density at radius 3 is 2.55 bits per heavy atom. The van der Waals surface area contributed by atoms with Crippen LogP contribution >= 0.6 is 11.6 Å². The van der Waals surface area contributed by atoms with E-state index in [4.69, 9.17) is 16.7 Å². The molecule has 0 aliphatic heterocycles. The highest BCUT2D eigenvalue weighted by atomic mass is 35.5. The summed E-state index contributed by atoms with van der Waals surface area (Å²) in [6.07, 6.45) is 0.501. The van der Waals surface area contributed by atoms with E-state index in [1.807, 2.05) is 30.3 Å². The second-order valence-corrected chi connectivity index (χ2v) is 5.43. The number of hydrogen-bond acceptors (Lipinski definition) is 3. The van der Waals surface area contributed by atoms with Crippen LogP contribution in [0.15, 0.2) is 53.3 Å². The van der Waals surface area contributed by atoms with Crippen molar-refractivity contribution in [3.05, 3.63) is 63.9 Å². The molecule has 0 unspecified atom stereocenters. The van der Waals surface area contributed by atoms with Crippen LogP contribution in [0.3, 0.4) is 0 Å². The third kappa shape index (κ3) is 2.75. The molecule has 0 saturated heterocycles. The minimum atomic E-state index is -0.0935. The number of fused-ring (bicyclic) bond motifs is 1. The van der Waals surface area contributed by atoms with Gasteiger partial charge in [0.05, 0.1) is 10.9 Å². The molecule has 0 aliphatic rings. The van der Waals surface area contributed by atoms with Gasteiger partial charge in [0, 0.05) is 23.7 Å². The Bertz CT molecular complexity index is 857. The summed E-state index contributed by atoms with van der Waals surface area (Å²) in [5.74, 6) is 0.591. The summed E-state index contributed by atoms with van der Waals surface area (Å²) < 4.78 is 1.61. The largest absolute Gasteiger partial charge is 0.396 e. The average Bonchev–Trinajstić information content (AvgIpc) is 2.55. The molecule has 112 valence electrons. The SMILES string of the molecule is O=c1c2ccccc2nc(-c2ccc(Cl)cc2)n1CCCO. The van der Waals surface area contributed by atoms with E-state index in [0.717, 1.165) is 5.56 Å². The van der Waals surface area contributed by atoms with Crippen molar-refractivity contribution in [2.24, 2.45) is 0 Å². The topological polar surface area (TPSA) is 55.1 Å². The molecule has 3 rings (SSSR count). The van der Waals surface area contributed by atoms with Gasteiger partial charge < -0.3 is 5.11 Å². The van der Waals surface area contributed by atoms with Gasteiger partial charge in [-0.1, -0.05) is 23.7 Å². The van der Waals surface area contributed by atoms with Crippen LogP contribution in [0.2, 0.25) is 5.02 Å². The molecule has 1 aromatic heterocycles. The van der Waals surface area contributed by atoms with Crippen molar-refractivity contribution < 1.29 is 5.11 Å². The van der Waals surface area contributed by atoms with Crippen LogP contribution in [0.5, 0.6) is 0 Å². The maximum absolute atomic E-state index is 12.7. The molecule has 0 spiro atoms. The molecule has 0 radical (unpaired) electrons. The summed E-state index contributed by atoms with van der Waals surface area (Å²) in [5.41, 5.74) is 1.40. The molecule has 0 aliphatic carbocycles. The minimum absolute atomic E-state index is 0.0271. The Morgan fingerprint density at radius 2 is 1.82 bits per heavy atom. The van der Waals surface area contributed by atoms with Gasteiger partial charge in [-0.15, -0.1) is 0 Å². The lowest BCUT2D eigenvalue weighted by Gasteiger charge is -2.13. The van der Waals surface area contributed by atoms with Gasteiger partial charge in [0.25, 0.3) is 5.56 Å². The monoisotopic (exact) mass is 314 g/mol. The maximum Gasteiger partial charge on any atom is 0.261 e. The number of hydrogen-bond donors (Lipinski definition) is 1. The lowest BCUT2D eigenvalue weighted by molar-refractivity contribution is 0.279. The van der Waals surface area contributed by atoms with Gasteiger partial charge in [-0.2, -0.15) is 0 Å². The molecule has 0 atom stereocenters. The molecule has 0 fully saturated rings. The molecule has 0 saturated carbocycles. The lowest BCUT2D eigenvalue weighted by Crippen LogP contribution is -2.24. The number of aliphatic hydroxyl groups excluding tert-OH is 1. The van der Waals surface area contributed by atoms with Gasteiger partial charge in [0.15, 0.2) is 0 Å². The minimum Gasteiger partial charge on any atom is -0.396 e. The molecule has 5 heteroatoms. The Labute approximate surface area is 132 Å². The van der Waals surface area contributed by atoms with Crippen LogP contribution in [0.4, 0.5) is 0 Å². The number of rotatable bonds is 4. The summed E-state index contributed by atoms with van der Waals surface area (Å²) in [7, 11) is 0. The second-order valence-electron chi connectivity index (χ2n) is 4.99. The van der Waals surface area contributed by atoms with Gasteiger partial charge in [0.2, 0.25) is 0 Å². The summed E-state index contributed by atoms with van der Waals surface area (Å²) in [4.78, 5) is 17.3. The Balaban J connectivity index is 2.26. The smallest absolute Gasteiger partial charge is 0.261 e. The number of aliphatic hydroxyl groups is 1. The normalized spacial score (nSPS) is 11.0. The van der Waals surface area contributed by atoms with Crippen molar-refractivity contribution in [1.29, 1.82) is 0 Å². The fourth-order valence-electron chi connectivity index (χ4n) is 2.42. The van der Waals surface area contributed by atoms with Gasteiger partial charge in [-0.25, -0.2) is 4.98 Å². The molecule has 3 aromatic rings. The van der Waals surface area contributed by atoms with E-state index in [-0.39, 0.29) is 12.2 Å². The zero-order chi connectivity index (χ0) is 15.5. The van der Waals surface area contributed by atoms with Gasteiger partial charge in [-0.3, -0.25) is 9.36 Å². The van der Waals surface area contributed by atoms with E-state index in [1.54, 1.807) is 22.8 Å². The Morgan fingerprint density at radius 1 is 1.09 bits per heavy atom. The van der Waals surface area contributed by atoms with Crippen molar-refractivity contribution >= 4 is 22.5 Å². The molecule has 22 heavy (non-hydrogen) atoms. The summed E-state index contributed by atoms with van der Waals surface area (Å²) in [6, 6.07) is 14.5. The third-order valence-electron chi connectivity index (χ3n) is 3.50. The standard InChI is InChI=1S/C17H15ClN2O2/c18-13-8-6-12(7-9-13)16-19-15-5-2-1-4-14(15)17(22)20(16)10-3-11-21/h1-2,4-9,21H,3,10-11H2. The van der Waals surface area contributed by atoms with Crippen molar-refractivity contribution in [2.45, 2.75) is 13.0 Å². The van der Waals surface area contributed by atoms with Gasteiger partial charge in [0.1, 0.15) is 5.82 Å². The quantitative estimate of drug-likeness (QED) is 0.805. The first-order chi connectivity index (χ1) is 10.7. The third-order valence-corrected chi connectivity index (χ3v) is 3.76. The Kier molecular flexibility index (Phi) is 4.22. The highest BCUT2D eigenvalue weighted by molar-refractivity contribution is 6.30. The van der Waals surface area contributed by atoms with Crippen molar-refractivity contribution in [1.82, 2.24) is 9.55 Å². The van der Waals surface area contributed by atoms with Crippen LogP contribution in [0, 0.1) is 0 Å². The maximum atomic E-state index is 12.7. The molecular formula is C17H15ClN2O2. The molecule has 0 bridgehead atoms. The molecule has 1 heterocycles. The van der Waals surface area contributed by atoms with Gasteiger partial charge in [-0.05, 0) is 42.8 Å². The van der Waals surface area contributed by atoms with E-state index in [9.17, 15) is 4.79 Å². The Hall–Kier alpha value is -2.17. The zero-order valence-electron chi connectivity index (χ0n) is 11.9. The predicted molar refractivity (Wildman–Crippen MR) is 88.2 cm³/mol. The van der Waals surface area contributed by atoms with E-state index in [2.05, 4.69) is 4.98 Å². The summed E-state index contributed by atoms with van der Waals surface area (Å²) in [5, 5.41) is 10.3. The fourth-order valence-corrected chi connectivity index (χ4v) is 2.55. The van der Waals surface area contributed by atoms with Crippen molar-refractivity contribution in [3.63, 3.8) is 0 Å². The highest BCUT2D eigenvalue weighted by Gasteiger charge is 2.12. The van der Waals surface area contributed by atoms with Crippen molar-refractivity contribution in [2.75, 3.05) is 6.61 Å². The molecular weight excluding hydrogens is 300 g/mol. The van der Waals surface area contributed by atoms with E-state index in [1.165, 1.54) is 0 Å². The lowest BCUT2D eigenvalue weighted by atomic mass is 10.1. The van der Waals surface area contributed by atoms with Crippen LogP contribution < -0.4 is 5.56 Å². The second kappa shape index (κ2) is 6.30. The molecule has 0 amide bonds. The van der Waals surface area contributed by atoms with Crippen LogP contribution in [-0.2, 0) is 6.54 Å². The molecule has 1 N–H and O–H groups in total. The number of benzene rings is 2. The number of halogens is 1. The average molecular weight is 315 g/mol. The number of aromatic nitrogens is 2. The van der Waals surface area contributed by atoms with Crippen LogP contribution in [0.25, 0.3) is 22.3 Å². The number of para-hydroxylation sites is 1. The molecule has 2 aromatic carbocycles. The van der Waals surface area contributed by atoms with Crippen LogP contribution in [0.1, 0.15) is 6.42 Å². The predicted octanol–water partition coefficient (Wildman–Crippen LogP) is 3.10. The number of nitrogens with zero attached hydrogens (tertiary/aromatic N) is 2. The van der Waals surface area contributed by atoms with E-state index >= 15 is 0 Å². The van der Waals surface area contributed by atoms with Gasteiger partial charge >= 0.3 is 0 Å². The first kappa shape index (κ1) is 14.8. The van der Waals surface area contributed by atoms with Crippen LogP contribution in [-0.4, -0.2) is 21.3 Å². The fraction of sp³-hybridized carbons (Fsp3) is 0.176. The van der Waals surface area contributed by atoms with Crippen molar-refractivity contribution in [3.8, 4) is 11.4 Å². The van der Waals surface area contributed by atoms with E-state index < -0.39 is 0 Å². The summed E-state index contributed by atoms with van der Waals surface area (Å²) in [6.45, 7) is 0.449. The van der Waals surface area contributed by atoms with E-state index in [0.29, 0.717) is 34.7 Å². The summed E-state index contributed by atoms with van der Waals surface area (Å²) >= 11 is 5.93. The first-order valence-electron chi connectivity index (χ1n) is 7.07. The zero-order valence-corrected chi connectivity index (χ0v) is 12.6. The molecule has 4 nitrogen and oxygen atoms in total. The highest BCUT2D eigenvalue weighted by Crippen LogP contribution is 2.21.